The van der Waals surface area contributed by atoms with Crippen molar-refractivity contribution in [3.63, 3.8) is 0 Å². The van der Waals surface area contributed by atoms with E-state index in [-0.39, 0.29) is 12.4 Å². The van der Waals surface area contributed by atoms with E-state index in [1.165, 1.54) is 30.4 Å². The fourth-order valence-corrected chi connectivity index (χ4v) is 4.59. The molecule has 0 aliphatic heterocycles. The summed E-state index contributed by atoms with van der Waals surface area (Å²) >= 11 is 0. The Morgan fingerprint density at radius 3 is 2.73 bits per heavy atom. The van der Waals surface area contributed by atoms with Crippen LogP contribution in [0.2, 0.25) is 0 Å². The number of hydrogen-bond acceptors (Lipinski definition) is 4. The predicted octanol–water partition coefficient (Wildman–Crippen LogP) is 4.93. The molecule has 2 fully saturated rings. The van der Waals surface area contributed by atoms with Crippen molar-refractivity contribution in [1.82, 2.24) is 0 Å². The molecule has 30 heavy (non-hydrogen) atoms. The van der Waals surface area contributed by atoms with Crippen LogP contribution in [0, 0.1) is 17.7 Å². The first kappa shape index (κ1) is 22.6. The highest BCUT2D eigenvalue weighted by atomic mass is 19.1. The molecule has 4 nitrogen and oxygen atoms in total. The third kappa shape index (κ3) is 5.52. The fourth-order valence-electron chi connectivity index (χ4n) is 4.59. The number of rotatable bonds is 7. The third-order valence-electron chi connectivity index (χ3n) is 6.50. The van der Waals surface area contributed by atoms with Crippen molar-refractivity contribution in [3.05, 3.63) is 59.5 Å². The highest BCUT2D eigenvalue weighted by molar-refractivity contribution is 5.39. The van der Waals surface area contributed by atoms with Crippen LogP contribution in [0.4, 0.5) is 4.39 Å². The van der Waals surface area contributed by atoms with E-state index in [4.69, 9.17) is 15.2 Å². The monoisotopic (exact) mass is 415 g/mol. The molecule has 0 amide bonds. The lowest BCUT2D eigenvalue weighted by atomic mass is 9.80. The molecule has 0 aromatic heterocycles. The second-order valence-electron chi connectivity index (χ2n) is 8.77. The van der Waals surface area contributed by atoms with Crippen LogP contribution in [-0.4, -0.2) is 31.0 Å². The molecular weight excluding hydrogens is 381 g/mol. The van der Waals surface area contributed by atoms with E-state index >= 15 is 0 Å². The zero-order chi connectivity index (χ0) is 21.7. The molecule has 3 atom stereocenters. The second kappa shape index (κ2) is 9.80. The molecule has 3 N–H and O–H groups in total. The van der Waals surface area contributed by atoms with Crippen LogP contribution in [0.5, 0.6) is 11.5 Å². The van der Waals surface area contributed by atoms with Crippen LogP contribution >= 0.6 is 0 Å². The summed E-state index contributed by atoms with van der Waals surface area (Å²) in [5.41, 5.74) is 9.56. The summed E-state index contributed by atoms with van der Waals surface area (Å²) in [4.78, 5) is 0. The summed E-state index contributed by atoms with van der Waals surface area (Å²) in [6.07, 6.45) is 9.96. The lowest BCUT2D eigenvalue weighted by Crippen LogP contribution is -2.40. The molecule has 5 heteroatoms. The van der Waals surface area contributed by atoms with Crippen LogP contribution in [0.1, 0.15) is 45.4 Å². The SMILES string of the molecule is C=C(/C=C1/CC[C@@H](COc2cc(F)cc(OC)c2)C/C1=C/C)[C@H]1CC[C@](N)(CO)C1. The molecule has 164 valence electrons. The van der Waals surface area contributed by atoms with Crippen molar-refractivity contribution in [2.75, 3.05) is 20.3 Å². The van der Waals surface area contributed by atoms with Crippen molar-refractivity contribution in [3.8, 4) is 11.5 Å². The van der Waals surface area contributed by atoms with E-state index in [2.05, 4.69) is 25.7 Å². The fraction of sp³-hybridized carbons (Fsp3) is 0.520. The average molecular weight is 416 g/mol. The van der Waals surface area contributed by atoms with E-state index < -0.39 is 5.54 Å². The van der Waals surface area contributed by atoms with Crippen LogP contribution in [0.15, 0.2) is 53.6 Å². The van der Waals surface area contributed by atoms with Crippen molar-refractivity contribution in [2.45, 2.75) is 51.0 Å². The molecule has 3 rings (SSSR count). The Hall–Kier alpha value is -2.11. The van der Waals surface area contributed by atoms with Crippen LogP contribution in [0.3, 0.4) is 0 Å². The Kier molecular flexibility index (Phi) is 7.37. The summed E-state index contributed by atoms with van der Waals surface area (Å²) in [6, 6.07) is 4.45. The molecule has 0 heterocycles. The number of aliphatic hydroxyl groups is 1. The lowest BCUT2D eigenvalue weighted by molar-refractivity contribution is 0.197. The van der Waals surface area contributed by atoms with Gasteiger partial charge in [-0.3, -0.25) is 0 Å². The number of methoxy groups -OCH3 is 1. The van der Waals surface area contributed by atoms with E-state index in [1.807, 2.05) is 0 Å². The van der Waals surface area contributed by atoms with Crippen LogP contribution < -0.4 is 15.2 Å². The lowest BCUT2D eigenvalue weighted by Gasteiger charge is -2.27. The number of halogens is 1. The maximum absolute atomic E-state index is 13.7. The van der Waals surface area contributed by atoms with Crippen LogP contribution in [-0.2, 0) is 0 Å². The minimum absolute atomic E-state index is 0.0341. The molecule has 2 aliphatic carbocycles. The topological polar surface area (TPSA) is 64.7 Å². The molecule has 0 bridgehead atoms. The summed E-state index contributed by atoms with van der Waals surface area (Å²) in [5.74, 6) is 1.32. The van der Waals surface area contributed by atoms with Gasteiger partial charge < -0.3 is 20.3 Å². The average Bonchev–Trinajstić information content (AvgIpc) is 3.15. The Morgan fingerprint density at radius 2 is 2.07 bits per heavy atom. The Bertz CT molecular complexity index is 832. The van der Waals surface area contributed by atoms with E-state index in [1.54, 1.807) is 6.07 Å². The van der Waals surface area contributed by atoms with Crippen LogP contribution in [0.25, 0.3) is 0 Å². The Labute approximate surface area is 179 Å². The van der Waals surface area contributed by atoms with E-state index in [0.29, 0.717) is 29.9 Å². The Balaban J connectivity index is 1.58. The van der Waals surface area contributed by atoms with Gasteiger partial charge in [-0.25, -0.2) is 4.39 Å². The van der Waals surface area contributed by atoms with Gasteiger partial charge in [0.2, 0.25) is 0 Å². The summed E-state index contributed by atoms with van der Waals surface area (Å²) < 4.78 is 24.6. The normalized spacial score (nSPS) is 29.4. The third-order valence-corrected chi connectivity index (χ3v) is 6.50. The minimum atomic E-state index is -0.454. The second-order valence-corrected chi connectivity index (χ2v) is 8.77. The van der Waals surface area contributed by atoms with Crippen molar-refractivity contribution in [2.24, 2.45) is 17.6 Å². The first-order valence-corrected chi connectivity index (χ1v) is 10.8. The van der Waals surface area contributed by atoms with Gasteiger partial charge in [-0.05, 0) is 68.4 Å². The number of nitrogens with two attached hydrogens (primary N) is 1. The predicted molar refractivity (Wildman–Crippen MR) is 118 cm³/mol. The number of hydrogen-bond donors (Lipinski definition) is 2. The molecule has 2 saturated carbocycles. The Morgan fingerprint density at radius 1 is 1.30 bits per heavy atom. The number of benzene rings is 1. The summed E-state index contributed by atoms with van der Waals surface area (Å²) in [7, 11) is 1.52. The summed E-state index contributed by atoms with van der Waals surface area (Å²) in [6.45, 7) is 6.96. The zero-order valence-electron chi connectivity index (χ0n) is 18.1. The van der Waals surface area contributed by atoms with Gasteiger partial charge in [0, 0.05) is 23.7 Å². The van der Waals surface area contributed by atoms with Crippen molar-refractivity contribution >= 4 is 0 Å². The maximum atomic E-state index is 13.7. The number of allylic oxidation sites excluding steroid dienone is 5. The first-order valence-electron chi connectivity index (χ1n) is 10.8. The van der Waals surface area contributed by atoms with Crippen molar-refractivity contribution < 1.29 is 19.0 Å². The smallest absolute Gasteiger partial charge is 0.130 e. The van der Waals surface area contributed by atoms with Gasteiger partial charge in [0.05, 0.1) is 20.3 Å². The first-order chi connectivity index (χ1) is 14.4. The molecule has 0 saturated heterocycles. The molecule has 1 aromatic carbocycles. The highest BCUT2D eigenvalue weighted by Crippen LogP contribution is 2.39. The van der Waals surface area contributed by atoms with Crippen molar-refractivity contribution in [1.29, 1.82) is 0 Å². The molecule has 1 aromatic rings. The standard InChI is InChI=1S/C25H34FNO3/c1-4-19-10-18(15-30-24-12-22(26)11-23(13-24)29-3)5-6-20(19)9-17(2)21-7-8-25(27,14-21)16-28/h4,9,11-13,18,21,28H,2,5-8,10,14-16,27H2,1,3H3/b19-4-,20-9-/t18-,21+,25-/m1/s1. The van der Waals surface area contributed by atoms with Gasteiger partial charge in [-0.1, -0.05) is 24.3 Å². The largest absolute Gasteiger partial charge is 0.497 e. The van der Waals surface area contributed by atoms with Gasteiger partial charge in [0.15, 0.2) is 0 Å². The molecule has 0 spiro atoms. The van der Waals surface area contributed by atoms with Gasteiger partial charge in [0.25, 0.3) is 0 Å². The van der Waals surface area contributed by atoms with E-state index in [0.717, 1.165) is 44.1 Å². The molecule has 0 radical (unpaired) electrons. The summed E-state index contributed by atoms with van der Waals surface area (Å²) in [5, 5.41) is 9.51. The van der Waals surface area contributed by atoms with Gasteiger partial charge in [-0.15, -0.1) is 0 Å². The molecule has 0 unspecified atom stereocenters. The molecule has 2 aliphatic rings. The van der Waals surface area contributed by atoms with E-state index in [9.17, 15) is 9.50 Å². The maximum Gasteiger partial charge on any atom is 0.130 e. The number of ether oxygens (including phenoxy) is 2. The quantitative estimate of drug-likeness (QED) is 0.663. The minimum Gasteiger partial charge on any atom is -0.497 e. The van der Waals surface area contributed by atoms with Gasteiger partial charge in [-0.2, -0.15) is 0 Å². The number of aliphatic hydroxyl groups excluding tert-OH is 1. The van der Waals surface area contributed by atoms with Gasteiger partial charge in [0.1, 0.15) is 17.3 Å². The highest BCUT2D eigenvalue weighted by Gasteiger charge is 2.36. The molecular formula is C25H34FNO3. The van der Waals surface area contributed by atoms with Gasteiger partial charge >= 0.3 is 0 Å². The zero-order valence-corrected chi connectivity index (χ0v) is 18.1.